The molecule has 0 spiro atoms. The summed E-state index contributed by atoms with van der Waals surface area (Å²) in [5.41, 5.74) is 0.892. The number of fused-ring (bicyclic) bond motifs is 1. The van der Waals surface area contributed by atoms with E-state index >= 15 is 0 Å². The number of alkyl halides is 3. The molecule has 0 aliphatic carbocycles. The fourth-order valence-corrected chi connectivity index (χ4v) is 3.95. The van der Waals surface area contributed by atoms with Crippen molar-refractivity contribution >= 4 is 11.8 Å². The van der Waals surface area contributed by atoms with Crippen molar-refractivity contribution in [3.8, 4) is 17.1 Å². The standard InChI is InChI=1S/C23H30F3N5O3/c1-22(2,3)18(21(33)27-4)29-20(32)17-16-13-30(5)11-6-12-31(16)19(28-17)14-7-9-15(10-8-14)34-23(24,25)26/h7-10,18H,6,11-13H2,1-5H3,(H,27,33)(H,29,32). The molecule has 0 fully saturated rings. The molecule has 1 aromatic heterocycles. The summed E-state index contributed by atoms with van der Waals surface area (Å²) in [7, 11) is 3.45. The highest BCUT2D eigenvalue weighted by molar-refractivity contribution is 5.97. The average molecular weight is 482 g/mol. The Bertz CT molecular complexity index is 1040. The van der Waals surface area contributed by atoms with Crippen molar-refractivity contribution < 1.29 is 27.5 Å². The van der Waals surface area contributed by atoms with Crippen molar-refractivity contribution in [1.29, 1.82) is 0 Å². The van der Waals surface area contributed by atoms with Crippen molar-refractivity contribution in [1.82, 2.24) is 25.1 Å². The number of amides is 2. The first-order valence-electron chi connectivity index (χ1n) is 11.0. The summed E-state index contributed by atoms with van der Waals surface area (Å²) in [5, 5.41) is 5.40. The van der Waals surface area contributed by atoms with Gasteiger partial charge in [-0.15, -0.1) is 13.2 Å². The first kappa shape index (κ1) is 25.5. The molecule has 2 amide bonds. The maximum absolute atomic E-state index is 13.3. The fourth-order valence-electron chi connectivity index (χ4n) is 3.95. The van der Waals surface area contributed by atoms with E-state index < -0.39 is 23.7 Å². The lowest BCUT2D eigenvalue weighted by Crippen LogP contribution is -2.53. The number of benzene rings is 1. The van der Waals surface area contributed by atoms with Crippen LogP contribution in [-0.2, 0) is 17.9 Å². The van der Waals surface area contributed by atoms with Crippen LogP contribution >= 0.6 is 0 Å². The van der Waals surface area contributed by atoms with Gasteiger partial charge in [-0.2, -0.15) is 0 Å². The fraction of sp³-hybridized carbons (Fsp3) is 0.522. The largest absolute Gasteiger partial charge is 0.573 e. The van der Waals surface area contributed by atoms with E-state index in [2.05, 4.69) is 25.3 Å². The zero-order valence-electron chi connectivity index (χ0n) is 19.9. The normalized spacial score (nSPS) is 15.8. The van der Waals surface area contributed by atoms with E-state index in [4.69, 9.17) is 0 Å². The van der Waals surface area contributed by atoms with Crippen LogP contribution < -0.4 is 15.4 Å². The zero-order valence-corrected chi connectivity index (χ0v) is 19.9. The number of halogens is 3. The van der Waals surface area contributed by atoms with Gasteiger partial charge in [-0.05, 0) is 49.7 Å². The van der Waals surface area contributed by atoms with E-state index in [-0.39, 0.29) is 17.4 Å². The number of hydrogen-bond donors (Lipinski definition) is 2. The summed E-state index contributed by atoms with van der Waals surface area (Å²) < 4.78 is 43.4. The van der Waals surface area contributed by atoms with E-state index in [0.717, 1.165) is 13.0 Å². The number of rotatable bonds is 5. The predicted molar refractivity (Wildman–Crippen MR) is 120 cm³/mol. The lowest BCUT2D eigenvalue weighted by Gasteiger charge is -2.29. The van der Waals surface area contributed by atoms with E-state index in [0.29, 0.717) is 30.2 Å². The van der Waals surface area contributed by atoms with Crippen LogP contribution in [0.2, 0.25) is 0 Å². The molecule has 1 unspecified atom stereocenters. The molecule has 3 rings (SSSR count). The lowest BCUT2D eigenvalue weighted by molar-refractivity contribution is -0.274. The van der Waals surface area contributed by atoms with Crippen LogP contribution in [0.25, 0.3) is 11.4 Å². The van der Waals surface area contributed by atoms with Crippen molar-refractivity contribution in [3.63, 3.8) is 0 Å². The number of nitrogens with one attached hydrogen (secondary N) is 2. The van der Waals surface area contributed by atoms with Crippen LogP contribution in [0.4, 0.5) is 13.2 Å². The average Bonchev–Trinajstić information content (AvgIpc) is 2.96. The number of imidazole rings is 1. The van der Waals surface area contributed by atoms with Crippen LogP contribution in [0.3, 0.4) is 0 Å². The van der Waals surface area contributed by atoms with Crippen LogP contribution in [0, 0.1) is 5.41 Å². The number of ether oxygens (including phenoxy) is 1. The van der Waals surface area contributed by atoms with Crippen LogP contribution in [0.1, 0.15) is 43.4 Å². The number of hydrogen-bond acceptors (Lipinski definition) is 5. The molecule has 0 saturated heterocycles. The Balaban J connectivity index is 2.01. The Morgan fingerprint density at radius 3 is 2.32 bits per heavy atom. The van der Waals surface area contributed by atoms with Gasteiger partial charge in [0.05, 0.1) is 5.69 Å². The van der Waals surface area contributed by atoms with Gasteiger partial charge in [0.15, 0.2) is 5.69 Å². The van der Waals surface area contributed by atoms with Crippen LogP contribution in [0.5, 0.6) is 5.75 Å². The predicted octanol–water partition coefficient (Wildman–Crippen LogP) is 3.17. The number of carbonyl (C=O) groups excluding carboxylic acids is 2. The molecule has 34 heavy (non-hydrogen) atoms. The van der Waals surface area contributed by atoms with Crippen LogP contribution in [0.15, 0.2) is 24.3 Å². The highest BCUT2D eigenvalue weighted by atomic mass is 19.4. The monoisotopic (exact) mass is 481 g/mol. The lowest BCUT2D eigenvalue weighted by atomic mass is 9.86. The SMILES string of the molecule is CNC(=O)C(NC(=O)c1nc(-c2ccc(OC(F)(F)F)cc2)n2c1CN(C)CCC2)C(C)(C)C. The third kappa shape index (κ3) is 5.88. The molecule has 2 N–H and O–H groups in total. The Kier molecular flexibility index (Phi) is 7.25. The maximum Gasteiger partial charge on any atom is 0.573 e. The third-order valence-electron chi connectivity index (χ3n) is 5.62. The molecule has 2 aromatic rings. The van der Waals surface area contributed by atoms with E-state index in [1.165, 1.54) is 31.3 Å². The molecule has 0 saturated carbocycles. The van der Waals surface area contributed by atoms with Gasteiger partial charge in [0.1, 0.15) is 17.6 Å². The first-order chi connectivity index (χ1) is 15.8. The van der Waals surface area contributed by atoms with Crippen molar-refractivity contribution in [3.05, 3.63) is 35.7 Å². The minimum absolute atomic E-state index is 0.192. The van der Waals surface area contributed by atoms with E-state index in [1.807, 2.05) is 32.4 Å². The van der Waals surface area contributed by atoms with Crippen molar-refractivity contribution in [2.75, 3.05) is 20.6 Å². The number of aromatic nitrogens is 2. The molecule has 0 bridgehead atoms. The summed E-state index contributed by atoms with van der Waals surface area (Å²) in [6.45, 7) is 7.42. The zero-order chi connectivity index (χ0) is 25.3. The molecule has 1 aromatic carbocycles. The van der Waals surface area contributed by atoms with Gasteiger partial charge in [-0.3, -0.25) is 9.59 Å². The highest BCUT2D eigenvalue weighted by Crippen LogP contribution is 2.30. The first-order valence-corrected chi connectivity index (χ1v) is 11.0. The summed E-state index contributed by atoms with van der Waals surface area (Å²) in [6.07, 6.45) is -3.97. The topological polar surface area (TPSA) is 88.5 Å². The second-order valence-electron chi connectivity index (χ2n) is 9.43. The Labute approximate surface area is 196 Å². The van der Waals surface area contributed by atoms with Gasteiger partial charge in [0.25, 0.3) is 5.91 Å². The van der Waals surface area contributed by atoms with E-state index in [9.17, 15) is 22.8 Å². The molecular weight excluding hydrogens is 451 g/mol. The minimum Gasteiger partial charge on any atom is -0.406 e. The maximum atomic E-state index is 13.3. The number of nitrogens with zero attached hydrogens (tertiary/aromatic N) is 3. The minimum atomic E-state index is -4.78. The molecule has 8 nitrogen and oxygen atoms in total. The van der Waals surface area contributed by atoms with Crippen molar-refractivity contribution in [2.24, 2.45) is 5.41 Å². The second-order valence-corrected chi connectivity index (χ2v) is 9.43. The Hall–Kier alpha value is -3.08. The molecule has 1 aliphatic rings. The Morgan fingerprint density at radius 1 is 1.12 bits per heavy atom. The highest BCUT2D eigenvalue weighted by Gasteiger charge is 2.35. The number of likely N-dealkylation sites (N-methyl/N-ethyl adjacent to an activating group) is 1. The molecule has 2 heterocycles. The molecule has 186 valence electrons. The smallest absolute Gasteiger partial charge is 0.406 e. The van der Waals surface area contributed by atoms with Gasteiger partial charge in [-0.1, -0.05) is 20.8 Å². The molecular formula is C23H30F3N5O3. The summed E-state index contributed by atoms with van der Waals surface area (Å²) in [5.74, 6) is -0.661. The van der Waals surface area contributed by atoms with E-state index in [1.54, 1.807) is 0 Å². The second kappa shape index (κ2) is 9.65. The van der Waals surface area contributed by atoms with Gasteiger partial charge < -0.3 is 24.8 Å². The Morgan fingerprint density at radius 2 is 1.76 bits per heavy atom. The summed E-state index contributed by atoms with van der Waals surface area (Å²) in [4.78, 5) is 32.4. The van der Waals surface area contributed by atoms with Gasteiger partial charge in [0.2, 0.25) is 5.91 Å². The molecule has 1 atom stereocenters. The van der Waals surface area contributed by atoms with Gasteiger partial charge in [0, 0.05) is 25.7 Å². The quantitative estimate of drug-likeness (QED) is 0.685. The van der Waals surface area contributed by atoms with Crippen molar-refractivity contribution in [2.45, 2.75) is 52.7 Å². The molecule has 11 heteroatoms. The number of carbonyl (C=O) groups is 2. The third-order valence-corrected chi connectivity index (χ3v) is 5.62. The molecule has 1 aliphatic heterocycles. The summed E-state index contributed by atoms with van der Waals surface area (Å²) in [6, 6.07) is 4.61. The summed E-state index contributed by atoms with van der Waals surface area (Å²) >= 11 is 0. The van der Waals surface area contributed by atoms with Gasteiger partial charge >= 0.3 is 6.36 Å². The molecule has 0 radical (unpaired) electrons. The van der Waals surface area contributed by atoms with Crippen LogP contribution in [-0.4, -0.2) is 59.3 Å². The van der Waals surface area contributed by atoms with Gasteiger partial charge in [-0.25, -0.2) is 4.98 Å².